The van der Waals surface area contributed by atoms with E-state index in [0.717, 1.165) is 12.0 Å². The van der Waals surface area contributed by atoms with E-state index in [1.54, 1.807) is 46.6 Å². The van der Waals surface area contributed by atoms with E-state index in [4.69, 9.17) is 16.3 Å². The Balaban J connectivity index is 1.57. The highest BCUT2D eigenvalue weighted by molar-refractivity contribution is 7.10. The number of hydrogen-bond acceptors (Lipinski definition) is 4. The molecule has 2 amide bonds. The smallest absolute Gasteiger partial charge is 0.257 e. The van der Waals surface area contributed by atoms with Crippen LogP contribution in [0.5, 0.6) is 5.75 Å². The molecule has 5 nitrogen and oxygen atoms in total. The summed E-state index contributed by atoms with van der Waals surface area (Å²) in [6.45, 7) is 6.16. The maximum absolute atomic E-state index is 14.4. The molecule has 35 heavy (non-hydrogen) atoms. The SMILES string of the molecule is CC(C)(C)N(CC(=O)N1CCc2sccc2C1COc1ccc(Cl)cc1)C(=O)c1ccccc1F. The van der Waals surface area contributed by atoms with Crippen molar-refractivity contribution in [2.45, 2.75) is 38.8 Å². The van der Waals surface area contributed by atoms with Crippen molar-refractivity contribution >= 4 is 34.8 Å². The maximum Gasteiger partial charge on any atom is 0.257 e. The van der Waals surface area contributed by atoms with Gasteiger partial charge in [0.25, 0.3) is 5.91 Å². The number of carbonyl (C=O) groups excluding carboxylic acids is 2. The van der Waals surface area contributed by atoms with Crippen LogP contribution in [0.4, 0.5) is 4.39 Å². The third-order valence-electron chi connectivity index (χ3n) is 6.09. The van der Waals surface area contributed by atoms with Crippen molar-refractivity contribution in [3.05, 3.63) is 86.8 Å². The van der Waals surface area contributed by atoms with Crippen LogP contribution in [0.15, 0.2) is 60.0 Å². The van der Waals surface area contributed by atoms with Gasteiger partial charge in [-0.2, -0.15) is 0 Å². The minimum absolute atomic E-state index is 0.0448. The normalized spacial score (nSPS) is 15.5. The number of carbonyl (C=O) groups is 2. The number of fused-ring (bicyclic) bond motifs is 1. The van der Waals surface area contributed by atoms with Crippen molar-refractivity contribution < 1.29 is 18.7 Å². The number of halogens is 2. The zero-order valence-electron chi connectivity index (χ0n) is 20.0. The lowest BCUT2D eigenvalue weighted by Crippen LogP contribution is -2.53. The van der Waals surface area contributed by atoms with E-state index in [9.17, 15) is 14.0 Å². The summed E-state index contributed by atoms with van der Waals surface area (Å²) in [7, 11) is 0. The van der Waals surface area contributed by atoms with Crippen LogP contribution in [0.3, 0.4) is 0 Å². The molecule has 0 fully saturated rings. The Bertz CT molecular complexity index is 1210. The number of benzene rings is 2. The van der Waals surface area contributed by atoms with Crippen LogP contribution in [0.25, 0.3) is 0 Å². The van der Waals surface area contributed by atoms with Gasteiger partial charge in [-0.15, -0.1) is 11.3 Å². The summed E-state index contributed by atoms with van der Waals surface area (Å²) < 4.78 is 20.4. The standard InChI is InChI=1S/C27H28ClFN2O3S/c1-27(2,3)31(26(33)20-6-4-5-7-22(20)29)16-25(32)30-14-12-24-21(13-15-35-24)23(30)17-34-19-10-8-18(28)9-11-19/h4-11,13,15,23H,12,14,16-17H2,1-3H3. The molecule has 1 atom stereocenters. The molecule has 0 saturated heterocycles. The molecule has 3 aromatic rings. The van der Waals surface area contributed by atoms with Crippen molar-refractivity contribution in [3.63, 3.8) is 0 Å². The highest BCUT2D eigenvalue weighted by Crippen LogP contribution is 2.34. The fraction of sp³-hybridized carbons (Fsp3) is 0.333. The van der Waals surface area contributed by atoms with Gasteiger partial charge in [0, 0.05) is 22.0 Å². The van der Waals surface area contributed by atoms with Crippen molar-refractivity contribution in [3.8, 4) is 5.75 Å². The Morgan fingerprint density at radius 1 is 1.14 bits per heavy atom. The average molecular weight is 515 g/mol. The molecule has 1 aliphatic heterocycles. The minimum Gasteiger partial charge on any atom is -0.491 e. The highest BCUT2D eigenvalue weighted by atomic mass is 35.5. The number of ether oxygens (including phenoxy) is 1. The molecule has 1 aromatic heterocycles. The van der Waals surface area contributed by atoms with Crippen molar-refractivity contribution in [2.75, 3.05) is 19.7 Å². The van der Waals surface area contributed by atoms with Gasteiger partial charge >= 0.3 is 0 Å². The largest absolute Gasteiger partial charge is 0.491 e. The quantitative estimate of drug-likeness (QED) is 0.406. The van der Waals surface area contributed by atoms with Crippen LogP contribution in [0.1, 0.15) is 47.6 Å². The third-order valence-corrected chi connectivity index (χ3v) is 7.34. The molecule has 2 aromatic carbocycles. The maximum atomic E-state index is 14.4. The number of rotatable bonds is 6. The van der Waals surface area contributed by atoms with E-state index in [1.807, 2.05) is 32.2 Å². The van der Waals surface area contributed by atoms with Crippen LogP contribution in [-0.4, -0.2) is 46.8 Å². The fourth-order valence-electron chi connectivity index (χ4n) is 4.20. The van der Waals surface area contributed by atoms with Crippen LogP contribution >= 0.6 is 22.9 Å². The first kappa shape index (κ1) is 25.2. The lowest BCUT2D eigenvalue weighted by molar-refractivity contribution is -0.136. The number of thiophene rings is 1. The summed E-state index contributed by atoms with van der Waals surface area (Å²) >= 11 is 7.65. The summed E-state index contributed by atoms with van der Waals surface area (Å²) in [6.07, 6.45) is 0.743. The number of nitrogens with zero attached hydrogens (tertiary/aromatic N) is 2. The van der Waals surface area contributed by atoms with E-state index in [2.05, 4.69) is 0 Å². The van der Waals surface area contributed by atoms with Gasteiger partial charge in [0.05, 0.1) is 11.6 Å². The minimum atomic E-state index is -0.687. The molecule has 0 aliphatic carbocycles. The van der Waals surface area contributed by atoms with Crippen LogP contribution < -0.4 is 4.74 Å². The Kier molecular flexibility index (Phi) is 7.47. The molecule has 8 heteroatoms. The second kappa shape index (κ2) is 10.4. The molecule has 0 radical (unpaired) electrons. The molecule has 1 unspecified atom stereocenters. The van der Waals surface area contributed by atoms with Gasteiger partial charge in [-0.05, 0) is 80.6 Å². The Labute approximate surface area is 214 Å². The van der Waals surface area contributed by atoms with Gasteiger partial charge in [-0.1, -0.05) is 23.7 Å². The Morgan fingerprint density at radius 2 is 1.86 bits per heavy atom. The van der Waals surface area contributed by atoms with Gasteiger partial charge in [-0.3, -0.25) is 9.59 Å². The first-order chi connectivity index (χ1) is 16.6. The zero-order chi connectivity index (χ0) is 25.2. The summed E-state index contributed by atoms with van der Waals surface area (Å²) in [5.74, 6) is -0.651. The van der Waals surface area contributed by atoms with Crippen LogP contribution in [0, 0.1) is 5.82 Å². The van der Waals surface area contributed by atoms with Gasteiger partial charge in [0.2, 0.25) is 5.91 Å². The van der Waals surface area contributed by atoms with E-state index in [1.165, 1.54) is 28.0 Å². The molecule has 0 N–H and O–H groups in total. The predicted molar refractivity (Wildman–Crippen MR) is 137 cm³/mol. The molecule has 0 spiro atoms. The highest BCUT2D eigenvalue weighted by Gasteiger charge is 2.36. The summed E-state index contributed by atoms with van der Waals surface area (Å²) in [5, 5.41) is 2.64. The fourth-order valence-corrected chi connectivity index (χ4v) is 5.25. The Hall–Kier alpha value is -2.90. The number of hydrogen-bond donors (Lipinski definition) is 0. The van der Waals surface area contributed by atoms with Crippen LogP contribution in [0.2, 0.25) is 5.02 Å². The third kappa shape index (κ3) is 5.68. The lowest BCUT2D eigenvalue weighted by Gasteiger charge is -2.40. The Morgan fingerprint density at radius 3 is 2.54 bits per heavy atom. The molecule has 0 saturated carbocycles. The second-order valence-electron chi connectivity index (χ2n) is 9.46. The van der Waals surface area contributed by atoms with Gasteiger partial charge in [-0.25, -0.2) is 4.39 Å². The van der Waals surface area contributed by atoms with Gasteiger partial charge < -0.3 is 14.5 Å². The molecule has 2 heterocycles. The van der Waals surface area contributed by atoms with E-state index in [-0.39, 0.29) is 30.7 Å². The van der Waals surface area contributed by atoms with E-state index < -0.39 is 17.3 Å². The molecule has 4 rings (SSSR count). The van der Waals surface area contributed by atoms with Crippen LogP contribution in [-0.2, 0) is 11.2 Å². The van der Waals surface area contributed by atoms with Gasteiger partial charge in [0.1, 0.15) is 24.7 Å². The predicted octanol–water partition coefficient (Wildman–Crippen LogP) is 5.99. The molecule has 184 valence electrons. The second-order valence-corrected chi connectivity index (χ2v) is 10.9. The topological polar surface area (TPSA) is 49.9 Å². The summed E-state index contributed by atoms with van der Waals surface area (Å²) in [6, 6.07) is 14.7. The van der Waals surface area contributed by atoms with Crippen molar-refractivity contribution in [2.24, 2.45) is 0 Å². The van der Waals surface area contributed by atoms with Crippen molar-refractivity contribution in [1.29, 1.82) is 0 Å². The zero-order valence-corrected chi connectivity index (χ0v) is 21.5. The molecule has 1 aliphatic rings. The molecular formula is C27H28ClFN2O3S. The van der Waals surface area contributed by atoms with E-state index >= 15 is 0 Å². The lowest BCUT2D eigenvalue weighted by atomic mass is 9.99. The molecule has 0 bridgehead atoms. The monoisotopic (exact) mass is 514 g/mol. The molecular weight excluding hydrogens is 487 g/mol. The number of amides is 2. The first-order valence-corrected chi connectivity index (χ1v) is 12.7. The summed E-state index contributed by atoms with van der Waals surface area (Å²) in [5.41, 5.74) is 0.330. The average Bonchev–Trinajstić information content (AvgIpc) is 3.30. The van der Waals surface area contributed by atoms with Crippen molar-refractivity contribution in [1.82, 2.24) is 9.80 Å². The van der Waals surface area contributed by atoms with E-state index in [0.29, 0.717) is 17.3 Å². The van der Waals surface area contributed by atoms with Gasteiger partial charge in [0.15, 0.2) is 0 Å². The first-order valence-electron chi connectivity index (χ1n) is 11.5. The summed E-state index contributed by atoms with van der Waals surface area (Å²) in [4.78, 5) is 31.4.